The Morgan fingerprint density at radius 3 is 2.34 bits per heavy atom. The number of rotatable bonds is 12. The monoisotopic (exact) mass is 525 g/mol. The number of aryl methyl sites for hydroxylation is 1. The van der Waals surface area contributed by atoms with Gasteiger partial charge in [0.15, 0.2) is 0 Å². The minimum absolute atomic E-state index is 0.0188. The fourth-order valence-corrected chi connectivity index (χ4v) is 4.72. The summed E-state index contributed by atoms with van der Waals surface area (Å²) in [7, 11) is -3.86. The molecule has 192 valence electrons. The van der Waals surface area contributed by atoms with Crippen molar-refractivity contribution in [3.8, 4) is 0 Å². The molecule has 1 atom stereocenters. The summed E-state index contributed by atoms with van der Waals surface area (Å²) in [5.41, 5.74) is 1.53. The number of nitrogens with one attached hydrogen (secondary N) is 1. The molecule has 1 N–H and O–H groups in total. The highest BCUT2D eigenvalue weighted by molar-refractivity contribution is 7.92. The van der Waals surface area contributed by atoms with Crippen molar-refractivity contribution in [3.05, 3.63) is 64.4 Å². The van der Waals surface area contributed by atoms with Crippen LogP contribution in [-0.4, -0.2) is 50.5 Å². The molecule has 0 bridgehead atoms. The maximum atomic E-state index is 13.6. The number of anilines is 1. The van der Waals surface area contributed by atoms with Crippen LogP contribution in [0.3, 0.4) is 0 Å². The zero-order chi connectivity index (χ0) is 26.2. The largest absolute Gasteiger partial charge is 0.354 e. The van der Waals surface area contributed by atoms with E-state index in [1.165, 1.54) is 35.2 Å². The zero-order valence-electron chi connectivity index (χ0n) is 20.6. The van der Waals surface area contributed by atoms with Gasteiger partial charge in [-0.15, -0.1) is 0 Å². The van der Waals surface area contributed by atoms with Gasteiger partial charge in [0.2, 0.25) is 21.8 Å². The second kappa shape index (κ2) is 12.9. The highest BCUT2D eigenvalue weighted by atomic mass is 35.5. The number of sulfonamides is 1. The number of hydrogen-bond acceptors (Lipinski definition) is 4. The zero-order valence-corrected chi connectivity index (χ0v) is 22.1. The standard InChI is InChI=1S/C25H33ClFN3O4S/c1-5-7-14-28-25(32)22(6-2)29(16-19-9-12-21(27)13-10-19)24(31)17-30(35(4,33)34)23-15-20(26)11-8-18(23)3/h8-13,15,22H,5-7,14,16-17H2,1-4H3,(H,28,32). The summed E-state index contributed by atoms with van der Waals surface area (Å²) in [6, 6.07) is 9.59. The van der Waals surface area contributed by atoms with Crippen LogP contribution in [0.1, 0.15) is 44.2 Å². The van der Waals surface area contributed by atoms with Crippen LogP contribution in [-0.2, 0) is 26.2 Å². The molecule has 2 rings (SSSR count). The summed E-state index contributed by atoms with van der Waals surface area (Å²) in [5, 5.41) is 3.18. The SMILES string of the molecule is CCCCNC(=O)C(CC)N(Cc1ccc(F)cc1)C(=O)CN(c1cc(Cl)ccc1C)S(C)(=O)=O. The lowest BCUT2D eigenvalue weighted by Gasteiger charge is -2.33. The van der Waals surface area contributed by atoms with Crippen LogP contribution in [0.25, 0.3) is 0 Å². The normalized spacial score (nSPS) is 12.2. The highest BCUT2D eigenvalue weighted by Crippen LogP contribution is 2.27. The molecular formula is C25H33ClFN3O4S. The first-order valence-corrected chi connectivity index (χ1v) is 13.8. The molecule has 0 spiro atoms. The van der Waals surface area contributed by atoms with Gasteiger partial charge in [0.25, 0.3) is 0 Å². The summed E-state index contributed by atoms with van der Waals surface area (Å²) in [4.78, 5) is 27.9. The Hall–Kier alpha value is -2.65. The van der Waals surface area contributed by atoms with Crippen molar-refractivity contribution in [1.82, 2.24) is 10.2 Å². The van der Waals surface area contributed by atoms with Crippen molar-refractivity contribution in [2.75, 3.05) is 23.7 Å². The molecule has 7 nitrogen and oxygen atoms in total. The molecular weight excluding hydrogens is 493 g/mol. The van der Waals surface area contributed by atoms with Crippen molar-refractivity contribution < 1.29 is 22.4 Å². The van der Waals surface area contributed by atoms with Crippen LogP contribution >= 0.6 is 11.6 Å². The molecule has 0 saturated carbocycles. The summed E-state index contributed by atoms with van der Waals surface area (Å²) in [5.74, 6) is -1.30. The van der Waals surface area contributed by atoms with Gasteiger partial charge < -0.3 is 10.2 Å². The van der Waals surface area contributed by atoms with Crippen LogP contribution in [0.5, 0.6) is 0 Å². The molecule has 0 fully saturated rings. The number of nitrogens with zero attached hydrogens (tertiary/aromatic N) is 2. The van der Waals surface area contributed by atoms with E-state index in [9.17, 15) is 22.4 Å². The molecule has 0 aliphatic heterocycles. The van der Waals surface area contributed by atoms with E-state index in [0.29, 0.717) is 29.1 Å². The lowest BCUT2D eigenvalue weighted by Crippen LogP contribution is -2.52. The van der Waals surface area contributed by atoms with Crippen molar-refractivity contribution in [3.63, 3.8) is 0 Å². The van der Waals surface area contributed by atoms with E-state index >= 15 is 0 Å². The molecule has 2 amide bonds. The molecule has 0 aliphatic rings. The maximum Gasteiger partial charge on any atom is 0.244 e. The Labute approximate surface area is 212 Å². The molecule has 0 aromatic heterocycles. The molecule has 0 saturated heterocycles. The third-order valence-corrected chi connectivity index (χ3v) is 6.96. The van der Waals surface area contributed by atoms with Gasteiger partial charge in [-0.1, -0.05) is 50.1 Å². The molecule has 2 aromatic carbocycles. The smallest absolute Gasteiger partial charge is 0.244 e. The van der Waals surface area contributed by atoms with Crippen LogP contribution in [0.2, 0.25) is 5.02 Å². The second-order valence-electron chi connectivity index (χ2n) is 8.42. The lowest BCUT2D eigenvalue weighted by molar-refractivity contribution is -0.140. The van der Waals surface area contributed by atoms with E-state index in [4.69, 9.17) is 11.6 Å². The van der Waals surface area contributed by atoms with E-state index in [2.05, 4.69) is 5.32 Å². The van der Waals surface area contributed by atoms with Gasteiger partial charge >= 0.3 is 0 Å². The molecule has 0 radical (unpaired) electrons. The molecule has 35 heavy (non-hydrogen) atoms. The molecule has 2 aromatic rings. The Morgan fingerprint density at radius 1 is 1.11 bits per heavy atom. The summed E-state index contributed by atoms with van der Waals surface area (Å²) < 4.78 is 39.8. The Kier molecular flexibility index (Phi) is 10.5. The number of hydrogen-bond donors (Lipinski definition) is 1. The van der Waals surface area contributed by atoms with Crippen LogP contribution < -0.4 is 9.62 Å². The van der Waals surface area contributed by atoms with Crippen LogP contribution in [0.4, 0.5) is 10.1 Å². The average molecular weight is 526 g/mol. The fourth-order valence-electron chi connectivity index (χ4n) is 3.66. The van der Waals surface area contributed by atoms with Crippen molar-refractivity contribution in [2.24, 2.45) is 0 Å². The predicted octanol–water partition coefficient (Wildman–Crippen LogP) is 4.28. The number of carbonyl (C=O) groups excluding carboxylic acids is 2. The number of halogens is 2. The van der Waals surface area contributed by atoms with Gasteiger partial charge in [-0.2, -0.15) is 0 Å². The van der Waals surface area contributed by atoms with Gasteiger partial charge in [0, 0.05) is 18.1 Å². The minimum Gasteiger partial charge on any atom is -0.354 e. The molecule has 0 aliphatic carbocycles. The predicted molar refractivity (Wildman–Crippen MR) is 137 cm³/mol. The Balaban J connectivity index is 2.43. The van der Waals surface area contributed by atoms with Crippen LogP contribution in [0, 0.1) is 12.7 Å². The van der Waals surface area contributed by atoms with E-state index in [1.54, 1.807) is 26.0 Å². The fraction of sp³-hybridized carbons (Fsp3) is 0.440. The molecule has 1 unspecified atom stereocenters. The minimum atomic E-state index is -3.86. The van der Waals surface area contributed by atoms with Crippen molar-refractivity contribution >= 4 is 39.1 Å². The first-order valence-electron chi connectivity index (χ1n) is 11.5. The summed E-state index contributed by atoms with van der Waals surface area (Å²) in [6.45, 7) is 5.49. The first-order chi connectivity index (χ1) is 16.5. The molecule has 10 heteroatoms. The maximum absolute atomic E-state index is 13.6. The van der Waals surface area contributed by atoms with E-state index in [1.807, 2.05) is 6.92 Å². The van der Waals surface area contributed by atoms with E-state index in [-0.39, 0.29) is 18.1 Å². The van der Waals surface area contributed by atoms with E-state index in [0.717, 1.165) is 23.4 Å². The average Bonchev–Trinajstić information content (AvgIpc) is 2.79. The Morgan fingerprint density at radius 2 is 1.77 bits per heavy atom. The quantitative estimate of drug-likeness (QED) is 0.419. The second-order valence-corrected chi connectivity index (χ2v) is 10.8. The van der Waals surface area contributed by atoms with E-state index < -0.39 is 34.3 Å². The van der Waals surface area contributed by atoms with Crippen LogP contribution in [0.15, 0.2) is 42.5 Å². The lowest BCUT2D eigenvalue weighted by atomic mass is 10.1. The summed E-state index contributed by atoms with van der Waals surface area (Å²) >= 11 is 6.10. The summed E-state index contributed by atoms with van der Waals surface area (Å²) in [6.07, 6.45) is 3.03. The Bertz CT molecular complexity index is 1130. The number of unbranched alkanes of at least 4 members (excludes halogenated alkanes) is 1. The van der Waals surface area contributed by atoms with Gasteiger partial charge in [-0.05, 0) is 55.2 Å². The van der Waals surface area contributed by atoms with Crippen molar-refractivity contribution in [1.29, 1.82) is 0 Å². The van der Waals surface area contributed by atoms with Gasteiger partial charge in [-0.25, -0.2) is 12.8 Å². The number of carbonyl (C=O) groups is 2. The van der Waals surface area contributed by atoms with Gasteiger partial charge in [0.05, 0.1) is 11.9 Å². The first kappa shape index (κ1) is 28.6. The third kappa shape index (κ3) is 8.21. The molecule has 0 heterocycles. The van der Waals surface area contributed by atoms with Gasteiger partial charge in [0.1, 0.15) is 18.4 Å². The topological polar surface area (TPSA) is 86.8 Å². The highest BCUT2D eigenvalue weighted by Gasteiger charge is 2.32. The number of benzene rings is 2. The van der Waals surface area contributed by atoms with Gasteiger partial charge in [-0.3, -0.25) is 13.9 Å². The number of amides is 2. The third-order valence-electron chi connectivity index (χ3n) is 5.60. The van der Waals surface area contributed by atoms with Crippen molar-refractivity contribution in [2.45, 2.75) is 52.6 Å².